The summed E-state index contributed by atoms with van der Waals surface area (Å²) >= 11 is 0. The van der Waals surface area contributed by atoms with E-state index in [1.165, 1.54) is 11.0 Å². The molecule has 4 rings (SSSR count). The van der Waals surface area contributed by atoms with Crippen LogP contribution >= 0.6 is 0 Å². The number of nitrogens with one attached hydrogen (secondary N) is 2. The van der Waals surface area contributed by atoms with Gasteiger partial charge < -0.3 is 15.5 Å². The molecular formula is C20H26N6O2. The van der Waals surface area contributed by atoms with Gasteiger partial charge in [0.05, 0.1) is 0 Å². The third kappa shape index (κ3) is 4.39. The molecule has 2 atom stereocenters. The summed E-state index contributed by atoms with van der Waals surface area (Å²) in [5.74, 6) is 0.0752. The standard InChI is InChI=1S/C20H26N6O2/c27-19(12-26-14-21-13-22-26)24-18-7-6-17(18)23-16-8-10-25(11-9-16)20(28)15-4-2-1-3-5-15/h1-5,13-14,16-18,23H,6-12H2,(H,24,27)/t17-,18+/m1/s1. The van der Waals surface area contributed by atoms with Gasteiger partial charge >= 0.3 is 0 Å². The summed E-state index contributed by atoms with van der Waals surface area (Å²) in [6.45, 7) is 1.73. The van der Waals surface area contributed by atoms with E-state index in [4.69, 9.17) is 0 Å². The Morgan fingerprint density at radius 1 is 1.04 bits per heavy atom. The third-order valence-electron chi connectivity index (χ3n) is 5.65. The lowest BCUT2D eigenvalue weighted by Crippen LogP contribution is -2.60. The van der Waals surface area contributed by atoms with Gasteiger partial charge in [-0.1, -0.05) is 18.2 Å². The minimum atomic E-state index is -0.0368. The normalized spacial score (nSPS) is 22.5. The van der Waals surface area contributed by atoms with Gasteiger partial charge in [-0.15, -0.1) is 0 Å². The SMILES string of the molecule is O=C(Cn1cncn1)N[C@H]1CC[C@H]1NC1CCN(C(=O)c2ccccc2)CC1. The topological polar surface area (TPSA) is 92.2 Å². The number of hydrogen-bond donors (Lipinski definition) is 2. The maximum absolute atomic E-state index is 12.5. The van der Waals surface area contributed by atoms with Gasteiger partial charge in [-0.2, -0.15) is 5.10 Å². The first kappa shape index (κ1) is 18.6. The quantitative estimate of drug-likeness (QED) is 0.772. The first-order valence-electron chi connectivity index (χ1n) is 9.91. The molecule has 1 aromatic carbocycles. The van der Waals surface area contributed by atoms with E-state index in [0.717, 1.165) is 44.3 Å². The highest BCUT2D eigenvalue weighted by Crippen LogP contribution is 2.23. The van der Waals surface area contributed by atoms with Crippen LogP contribution in [0.4, 0.5) is 0 Å². The Hall–Kier alpha value is -2.74. The van der Waals surface area contributed by atoms with Gasteiger partial charge in [0.25, 0.3) is 5.91 Å². The van der Waals surface area contributed by atoms with Crippen molar-refractivity contribution in [3.05, 3.63) is 48.5 Å². The summed E-state index contributed by atoms with van der Waals surface area (Å²) in [6, 6.07) is 10.3. The number of aromatic nitrogens is 3. The summed E-state index contributed by atoms with van der Waals surface area (Å²) in [7, 11) is 0. The molecular weight excluding hydrogens is 356 g/mol. The second-order valence-electron chi connectivity index (χ2n) is 7.55. The van der Waals surface area contributed by atoms with Gasteiger partial charge in [0, 0.05) is 36.8 Å². The molecule has 0 radical (unpaired) electrons. The van der Waals surface area contributed by atoms with Crippen molar-refractivity contribution in [1.29, 1.82) is 0 Å². The van der Waals surface area contributed by atoms with Crippen LogP contribution in [-0.4, -0.2) is 62.7 Å². The molecule has 1 saturated carbocycles. The summed E-state index contributed by atoms with van der Waals surface area (Å²) < 4.78 is 1.52. The van der Waals surface area contributed by atoms with E-state index in [-0.39, 0.29) is 24.4 Å². The fourth-order valence-electron chi connectivity index (χ4n) is 3.90. The van der Waals surface area contributed by atoms with E-state index in [0.29, 0.717) is 12.1 Å². The number of hydrogen-bond acceptors (Lipinski definition) is 5. The molecule has 0 bridgehead atoms. The van der Waals surface area contributed by atoms with E-state index in [1.807, 2.05) is 35.2 Å². The summed E-state index contributed by atoms with van der Waals surface area (Å²) in [4.78, 5) is 30.5. The van der Waals surface area contributed by atoms with Gasteiger partial charge in [0.2, 0.25) is 5.91 Å². The Bertz CT molecular complexity index is 786. The van der Waals surface area contributed by atoms with Crippen LogP contribution in [0.25, 0.3) is 0 Å². The second kappa shape index (κ2) is 8.52. The second-order valence-corrected chi connectivity index (χ2v) is 7.55. The molecule has 28 heavy (non-hydrogen) atoms. The molecule has 2 heterocycles. The van der Waals surface area contributed by atoms with Gasteiger partial charge in [-0.05, 0) is 37.8 Å². The van der Waals surface area contributed by atoms with Crippen LogP contribution in [0, 0.1) is 0 Å². The first-order valence-corrected chi connectivity index (χ1v) is 9.91. The molecule has 8 heteroatoms. The number of amides is 2. The monoisotopic (exact) mass is 382 g/mol. The van der Waals surface area contributed by atoms with Crippen molar-refractivity contribution in [2.75, 3.05) is 13.1 Å². The molecule has 148 valence electrons. The zero-order valence-electron chi connectivity index (χ0n) is 15.8. The largest absolute Gasteiger partial charge is 0.350 e. The Morgan fingerprint density at radius 3 is 2.43 bits per heavy atom. The highest BCUT2D eigenvalue weighted by Gasteiger charge is 2.34. The average molecular weight is 382 g/mol. The zero-order chi connectivity index (χ0) is 19.3. The van der Waals surface area contributed by atoms with Crippen molar-refractivity contribution in [3.8, 4) is 0 Å². The van der Waals surface area contributed by atoms with Crippen molar-refractivity contribution in [1.82, 2.24) is 30.3 Å². The predicted octanol–water partition coefficient (Wildman–Crippen LogP) is 0.820. The van der Waals surface area contributed by atoms with E-state index < -0.39 is 0 Å². The number of piperidine rings is 1. The molecule has 2 aliphatic rings. The summed E-state index contributed by atoms with van der Waals surface area (Å²) in [6.07, 6.45) is 6.91. The average Bonchev–Trinajstić information content (AvgIpc) is 3.23. The van der Waals surface area contributed by atoms with Crippen LogP contribution < -0.4 is 10.6 Å². The number of likely N-dealkylation sites (tertiary alicyclic amines) is 1. The maximum atomic E-state index is 12.5. The van der Waals surface area contributed by atoms with Crippen molar-refractivity contribution >= 4 is 11.8 Å². The number of carbonyl (C=O) groups is 2. The van der Waals surface area contributed by atoms with E-state index >= 15 is 0 Å². The molecule has 2 fully saturated rings. The zero-order valence-corrected chi connectivity index (χ0v) is 15.8. The van der Waals surface area contributed by atoms with Crippen LogP contribution in [0.1, 0.15) is 36.0 Å². The van der Waals surface area contributed by atoms with Gasteiger partial charge in [-0.3, -0.25) is 9.59 Å². The van der Waals surface area contributed by atoms with E-state index in [9.17, 15) is 9.59 Å². The highest BCUT2D eigenvalue weighted by atomic mass is 16.2. The molecule has 0 spiro atoms. The molecule has 2 aromatic rings. The van der Waals surface area contributed by atoms with Gasteiger partial charge in [0.1, 0.15) is 19.2 Å². The lowest BCUT2D eigenvalue weighted by atomic mass is 9.85. The maximum Gasteiger partial charge on any atom is 0.253 e. The van der Waals surface area contributed by atoms with Crippen molar-refractivity contribution in [3.63, 3.8) is 0 Å². The number of carbonyl (C=O) groups excluding carboxylic acids is 2. The smallest absolute Gasteiger partial charge is 0.253 e. The number of benzene rings is 1. The van der Waals surface area contributed by atoms with Gasteiger partial charge in [0.15, 0.2) is 0 Å². The van der Waals surface area contributed by atoms with Crippen LogP contribution in [0.2, 0.25) is 0 Å². The minimum absolute atomic E-state index is 0.0368. The Kier molecular flexibility index (Phi) is 5.66. The van der Waals surface area contributed by atoms with Crippen LogP contribution in [-0.2, 0) is 11.3 Å². The number of nitrogens with zero attached hydrogens (tertiary/aromatic N) is 4. The highest BCUT2D eigenvalue weighted by molar-refractivity contribution is 5.94. The molecule has 8 nitrogen and oxygen atoms in total. The minimum Gasteiger partial charge on any atom is -0.350 e. The first-order chi connectivity index (χ1) is 13.7. The van der Waals surface area contributed by atoms with E-state index in [1.54, 1.807) is 6.33 Å². The molecule has 0 unspecified atom stereocenters. The Morgan fingerprint density at radius 2 is 1.79 bits per heavy atom. The third-order valence-corrected chi connectivity index (χ3v) is 5.65. The molecule has 2 N–H and O–H groups in total. The summed E-state index contributed by atoms with van der Waals surface area (Å²) in [5, 5.41) is 10.7. The Labute approximate surface area is 164 Å². The molecule has 2 amide bonds. The molecule has 1 aliphatic carbocycles. The van der Waals surface area contributed by atoms with Crippen LogP contribution in [0.5, 0.6) is 0 Å². The number of rotatable bonds is 6. The fourth-order valence-corrected chi connectivity index (χ4v) is 3.90. The van der Waals surface area contributed by atoms with E-state index in [2.05, 4.69) is 20.7 Å². The van der Waals surface area contributed by atoms with Crippen molar-refractivity contribution in [2.24, 2.45) is 0 Å². The molecule has 1 aliphatic heterocycles. The molecule has 1 saturated heterocycles. The van der Waals surface area contributed by atoms with Crippen LogP contribution in [0.3, 0.4) is 0 Å². The summed E-state index contributed by atoms with van der Waals surface area (Å²) in [5.41, 5.74) is 0.753. The lowest BCUT2D eigenvalue weighted by molar-refractivity contribution is -0.123. The van der Waals surface area contributed by atoms with Gasteiger partial charge in [-0.25, -0.2) is 9.67 Å². The van der Waals surface area contributed by atoms with Crippen LogP contribution in [0.15, 0.2) is 43.0 Å². The lowest BCUT2D eigenvalue weighted by Gasteiger charge is -2.42. The van der Waals surface area contributed by atoms with Crippen molar-refractivity contribution < 1.29 is 9.59 Å². The molecule has 1 aromatic heterocycles. The fraction of sp³-hybridized carbons (Fsp3) is 0.500. The predicted molar refractivity (Wildman–Crippen MR) is 103 cm³/mol. The van der Waals surface area contributed by atoms with Crippen molar-refractivity contribution in [2.45, 2.75) is 50.4 Å². The Balaban J connectivity index is 1.20.